The molecule has 0 saturated carbocycles. The zero-order valence-electron chi connectivity index (χ0n) is 8.50. The van der Waals surface area contributed by atoms with Crippen LogP contribution < -0.4 is 5.56 Å². The molecule has 2 aromatic rings. The molecule has 1 aliphatic heterocycles. The number of rotatable bonds is 2. The molecule has 7 nitrogen and oxygen atoms in total. The van der Waals surface area contributed by atoms with Crippen molar-refractivity contribution in [3.05, 3.63) is 28.4 Å². The van der Waals surface area contributed by atoms with Gasteiger partial charge in [0.05, 0.1) is 11.8 Å². The summed E-state index contributed by atoms with van der Waals surface area (Å²) in [5.41, 5.74) is 0.516. The quantitative estimate of drug-likeness (QED) is 0.651. The van der Waals surface area contributed by atoms with Crippen LogP contribution >= 0.6 is 0 Å². The lowest BCUT2D eigenvalue weighted by atomic mass is 10.1. The molecule has 0 radical (unpaired) electrons. The summed E-state index contributed by atoms with van der Waals surface area (Å²) in [5.74, 6) is 0.378. The van der Waals surface area contributed by atoms with Crippen LogP contribution in [0.15, 0.2) is 17.2 Å². The number of nitrogens with zero attached hydrogens (tertiary/aromatic N) is 4. The molecule has 84 valence electrons. The summed E-state index contributed by atoms with van der Waals surface area (Å²) in [6, 6.07) is 1.48. The van der Waals surface area contributed by atoms with Gasteiger partial charge in [0.1, 0.15) is 6.33 Å². The number of hydrogen-bond donors (Lipinski definition) is 2. The number of H-pyrrole nitrogens is 1. The Morgan fingerprint density at radius 3 is 3.12 bits per heavy atom. The van der Waals surface area contributed by atoms with E-state index in [4.69, 9.17) is 5.11 Å². The fourth-order valence-corrected chi connectivity index (χ4v) is 1.85. The molecule has 1 aliphatic rings. The Morgan fingerprint density at radius 1 is 1.56 bits per heavy atom. The third-order valence-electron chi connectivity index (χ3n) is 2.64. The minimum absolute atomic E-state index is 0.168. The van der Waals surface area contributed by atoms with Crippen molar-refractivity contribution in [2.24, 2.45) is 0 Å². The molecule has 0 bridgehead atoms. The van der Waals surface area contributed by atoms with Crippen LogP contribution in [0.4, 0.5) is 0 Å². The molecule has 1 saturated heterocycles. The van der Waals surface area contributed by atoms with Gasteiger partial charge in [-0.25, -0.2) is 9.97 Å². The third kappa shape index (κ3) is 1.50. The van der Waals surface area contributed by atoms with Crippen LogP contribution in [0.2, 0.25) is 0 Å². The van der Waals surface area contributed by atoms with Gasteiger partial charge in [-0.3, -0.25) is 14.8 Å². The van der Waals surface area contributed by atoms with Gasteiger partial charge in [0, 0.05) is 25.7 Å². The van der Waals surface area contributed by atoms with E-state index < -0.39 is 0 Å². The first kappa shape index (κ1) is 9.49. The number of nitrogens with one attached hydrogen (secondary N) is 1. The van der Waals surface area contributed by atoms with Crippen molar-refractivity contribution in [3.63, 3.8) is 0 Å². The van der Waals surface area contributed by atoms with E-state index in [9.17, 15) is 4.79 Å². The number of aromatic nitrogens is 4. The van der Waals surface area contributed by atoms with E-state index in [0.717, 1.165) is 0 Å². The number of aliphatic hydroxyl groups excluding tert-OH is 1. The molecule has 0 aromatic carbocycles. The average Bonchev–Trinajstić information content (AvgIpc) is 2.63. The maximum atomic E-state index is 11.6. The smallest absolute Gasteiger partial charge is 0.274 e. The van der Waals surface area contributed by atoms with Gasteiger partial charge < -0.3 is 5.11 Å². The highest BCUT2D eigenvalue weighted by molar-refractivity contribution is 5.26. The van der Waals surface area contributed by atoms with Crippen molar-refractivity contribution in [3.8, 4) is 0 Å². The molecule has 0 unspecified atom stereocenters. The predicted molar refractivity (Wildman–Crippen MR) is 54.9 cm³/mol. The highest BCUT2D eigenvalue weighted by atomic mass is 16.3. The predicted octanol–water partition coefficient (Wildman–Crippen LogP) is -1.41. The van der Waals surface area contributed by atoms with Crippen LogP contribution in [-0.2, 0) is 6.54 Å². The number of aliphatic hydroxyl groups is 1. The zero-order valence-corrected chi connectivity index (χ0v) is 8.50. The SMILES string of the molecule is O=c1cc(CN2CC(O)C2)nc2nc[nH]n12. The largest absolute Gasteiger partial charge is 0.390 e. The number of hydrogen-bond acceptors (Lipinski definition) is 5. The highest BCUT2D eigenvalue weighted by Crippen LogP contribution is 2.10. The molecule has 0 atom stereocenters. The molecule has 2 N–H and O–H groups in total. The van der Waals surface area contributed by atoms with Gasteiger partial charge in [0.25, 0.3) is 11.3 Å². The molecule has 0 spiro atoms. The second-order valence-electron chi connectivity index (χ2n) is 3.96. The normalized spacial score (nSPS) is 17.8. The summed E-state index contributed by atoms with van der Waals surface area (Å²) in [6.07, 6.45) is 1.19. The van der Waals surface area contributed by atoms with Crippen molar-refractivity contribution in [1.29, 1.82) is 0 Å². The zero-order chi connectivity index (χ0) is 11.1. The van der Waals surface area contributed by atoms with Crippen LogP contribution in [0.1, 0.15) is 5.69 Å². The molecule has 7 heteroatoms. The maximum Gasteiger partial charge on any atom is 0.274 e. The van der Waals surface area contributed by atoms with Crippen LogP contribution in [0, 0.1) is 0 Å². The van der Waals surface area contributed by atoms with Gasteiger partial charge >= 0.3 is 0 Å². The molecule has 0 amide bonds. The number of fused-ring (bicyclic) bond motifs is 1. The van der Waals surface area contributed by atoms with Crippen molar-refractivity contribution >= 4 is 5.78 Å². The van der Waals surface area contributed by atoms with E-state index in [1.807, 2.05) is 4.90 Å². The van der Waals surface area contributed by atoms with Crippen LogP contribution in [-0.4, -0.2) is 48.8 Å². The van der Waals surface area contributed by atoms with Crippen LogP contribution in [0.3, 0.4) is 0 Å². The van der Waals surface area contributed by atoms with Gasteiger partial charge in [-0.2, -0.15) is 4.52 Å². The lowest BCUT2D eigenvalue weighted by molar-refractivity contribution is -0.00353. The van der Waals surface area contributed by atoms with Gasteiger partial charge in [-0.1, -0.05) is 0 Å². The van der Waals surface area contributed by atoms with Gasteiger partial charge in [0.15, 0.2) is 0 Å². The standard InChI is InChI=1S/C9H11N5O2/c15-7-3-13(4-7)2-6-1-8(16)14-9(12-6)10-5-11-14/h1,5,7,15H,2-4H2,(H,10,11,12). The molecule has 2 aromatic heterocycles. The molecular formula is C9H11N5O2. The molecule has 0 aliphatic carbocycles. The monoisotopic (exact) mass is 221 g/mol. The Bertz CT molecular complexity index is 569. The molecular weight excluding hydrogens is 210 g/mol. The Hall–Kier alpha value is -1.73. The first-order valence-electron chi connectivity index (χ1n) is 5.05. The number of likely N-dealkylation sites (tertiary alicyclic amines) is 1. The summed E-state index contributed by atoms with van der Waals surface area (Å²) in [5, 5.41) is 11.8. The molecule has 3 rings (SSSR count). The Kier molecular flexibility index (Phi) is 2.01. The molecule has 1 fully saturated rings. The van der Waals surface area contributed by atoms with E-state index in [2.05, 4.69) is 15.1 Å². The first-order chi connectivity index (χ1) is 7.72. The minimum Gasteiger partial charge on any atom is -0.390 e. The Balaban J connectivity index is 1.89. The van der Waals surface area contributed by atoms with Crippen molar-refractivity contribution in [2.75, 3.05) is 13.1 Å². The Labute approximate surface area is 90.3 Å². The molecule has 3 heterocycles. The topological polar surface area (TPSA) is 86.5 Å². The van der Waals surface area contributed by atoms with E-state index in [0.29, 0.717) is 31.1 Å². The van der Waals surface area contributed by atoms with Gasteiger partial charge in [0.2, 0.25) is 0 Å². The maximum absolute atomic E-state index is 11.6. The second-order valence-corrected chi connectivity index (χ2v) is 3.96. The molecule has 16 heavy (non-hydrogen) atoms. The lowest BCUT2D eigenvalue weighted by Crippen LogP contribution is -2.50. The first-order valence-corrected chi connectivity index (χ1v) is 5.05. The lowest BCUT2D eigenvalue weighted by Gasteiger charge is -2.35. The summed E-state index contributed by atoms with van der Waals surface area (Å²) < 4.78 is 1.29. The second kappa shape index (κ2) is 3.39. The fourth-order valence-electron chi connectivity index (χ4n) is 1.85. The van der Waals surface area contributed by atoms with E-state index >= 15 is 0 Å². The summed E-state index contributed by atoms with van der Waals surface area (Å²) >= 11 is 0. The van der Waals surface area contributed by atoms with Gasteiger partial charge in [-0.15, -0.1) is 0 Å². The van der Waals surface area contributed by atoms with E-state index in [1.165, 1.54) is 16.9 Å². The summed E-state index contributed by atoms with van der Waals surface area (Å²) in [6.45, 7) is 1.86. The van der Waals surface area contributed by atoms with Crippen molar-refractivity contribution in [1.82, 2.24) is 24.5 Å². The van der Waals surface area contributed by atoms with Crippen molar-refractivity contribution < 1.29 is 5.11 Å². The fraction of sp³-hybridized carbons (Fsp3) is 0.444. The van der Waals surface area contributed by atoms with Crippen molar-refractivity contribution in [2.45, 2.75) is 12.6 Å². The highest BCUT2D eigenvalue weighted by Gasteiger charge is 2.24. The number of aromatic amines is 1. The summed E-state index contributed by atoms with van der Waals surface area (Å²) in [4.78, 5) is 21.8. The minimum atomic E-state index is -0.241. The van der Waals surface area contributed by atoms with E-state index in [1.54, 1.807) is 0 Å². The third-order valence-corrected chi connectivity index (χ3v) is 2.64. The number of β-amino-alcohol motifs (C(OH)–C–C–N with tert-alkyl or cyclic N) is 1. The van der Waals surface area contributed by atoms with Gasteiger partial charge in [-0.05, 0) is 0 Å². The van der Waals surface area contributed by atoms with E-state index in [-0.39, 0.29) is 11.7 Å². The van der Waals surface area contributed by atoms with Crippen LogP contribution in [0.25, 0.3) is 5.78 Å². The van der Waals surface area contributed by atoms with Crippen LogP contribution in [0.5, 0.6) is 0 Å². The summed E-state index contributed by atoms with van der Waals surface area (Å²) in [7, 11) is 0. The average molecular weight is 221 g/mol. The Morgan fingerprint density at radius 2 is 2.38 bits per heavy atom.